The highest BCUT2D eigenvalue weighted by molar-refractivity contribution is 5.80. The third-order valence-electron chi connectivity index (χ3n) is 3.77. The maximum Gasteiger partial charge on any atom is 0.271 e. The first-order valence-corrected chi connectivity index (χ1v) is 6.67. The zero-order valence-corrected chi connectivity index (χ0v) is 10.7. The van der Waals surface area contributed by atoms with Gasteiger partial charge in [0.2, 0.25) is 0 Å². The molecule has 6 nitrogen and oxygen atoms in total. The minimum absolute atomic E-state index is 0.128. The smallest absolute Gasteiger partial charge is 0.271 e. The highest BCUT2D eigenvalue weighted by atomic mass is 16.6. The Morgan fingerprint density at radius 3 is 2.84 bits per heavy atom. The summed E-state index contributed by atoms with van der Waals surface area (Å²) in [6.07, 6.45) is 5.61. The van der Waals surface area contributed by atoms with Crippen LogP contribution in [0.15, 0.2) is 24.4 Å². The van der Waals surface area contributed by atoms with Gasteiger partial charge in [0.1, 0.15) is 0 Å². The molecule has 1 aromatic carbocycles. The van der Waals surface area contributed by atoms with Crippen LogP contribution in [0.25, 0.3) is 10.9 Å². The molecular formula is C13H17N4O2+. The van der Waals surface area contributed by atoms with Crippen molar-refractivity contribution in [2.75, 3.05) is 13.1 Å². The van der Waals surface area contributed by atoms with Crippen molar-refractivity contribution in [2.24, 2.45) is 0 Å². The molecule has 1 aliphatic rings. The van der Waals surface area contributed by atoms with Gasteiger partial charge in [-0.05, 0) is 25.3 Å². The first-order valence-electron chi connectivity index (χ1n) is 6.67. The summed E-state index contributed by atoms with van der Waals surface area (Å²) in [6, 6.07) is 4.91. The molecule has 3 rings (SSSR count). The topological polar surface area (TPSA) is 65.4 Å². The molecule has 0 aliphatic carbocycles. The number of nitrogens with one attached hydrogen (secondary N) is 1. The zero-order valence-electron chi connectivity index (χ0n) is 10.7. The summed E-state index contributed by atoms with van der Waals surface area (Å²) in [4.78, 5) is 12.0. The van der Waals surface area contributed by atoms with Gasteiger partial charge in [0.25, 0.3) is 5.69 Å². The minimum atomic E-state index is -0.357. The van der Waals surface area contributed by atoms with Crippen molar-refractivity contribution < 1.29 is 9.82 Å². The Morgan fingerprint density at radius 2 is 2.11 bits per heavy atom. The quantitative estimate of drug-likeness (QED) is 0.661. The molecular weight excluding hydrogens is 244 g/mol. The third-order valence-corrected chi connectivity index (χ3v) is 3.77. The molecule has 1 aliphatic heterocycles. The van der Waals surface area contributed by atoms with Gasteiger partial charge >= 0.3 is 0 Å². The largest absolute Gasteiger partial charge is 0.316 e. The molecule has 100 valence electrons. The van der Waals surface area contributed by atoms with Gasteiger partial charge in [-0.1, -0.05) is 0 Å². The van der Waals surface area contributed by atoms with Gasteiger partial charge in [-0.2, -0.15) is 5.10 Å². The maximum atomic E-state index is 10.8. The van der Waals surface area contributed by atoms with E-state index in [-0.39, 0.29) is 10.6 Å². The number of hydrogen-bond donors (Lipinski definition) is 1. The molecule has 19 heavy (non-hydrogen) atoms. The summed E-state index contributed by atoms with van der Waals surface area (Å²) in [6.45, 7) is 3.12. The molecule has 0 saturated carbocycles. The zero-order chi connectivity index (χ0) is 13.2. The third kappa shape index (κ3) is 2.44. The molecule has 0 radical (unpaired) electrons. The summed E-state index contributed by atoms with van der Waals surface area (Å²) in [5.41, 5.74) is 0.982. The number of hydrogen-bond acceptors (Lipinski definition) is 3. The van der Waals surface area contributed by atoms with Gasteiger partial charge < -0.3 is 4.90 Å². The lowest BCUT2D eigenvalue weighted by Crippen LogP contribution is -3.12. The lowest BCUT2D eigenvalue weighted by molar-refractivity contribution is -0.927. The number of piperidine rings is 1. The molecule has 0 bridgehead atoms. The lowest BCUT2D eigenvalue weighted by atomic mass is 10.1. The number of nitro groups is 1. The second-order valence-corrected chi connectivity index (χ2v) is 5.11. The number of non-ortho nitro benzene ring substituents is 1. The Labute approximate surface area is 110 Å². The summed E-state index contributed by atoms with van der Waals surface area (Å²) in [5.74, 6) is 0. The van der Waals surface area contributed by atoms with Crippen LogP contribution in [0, 0.1) is 10.1 Å². The van der Waals surface area contributed by atoms with E-state index in [1.165, 1.54) is 30.2 Å². The normalized spacial score (nSPS) is 16.8. The average molecular weight is 261 g/mol. The summed E-state index contributed by atoms with van der Waals surface area (Å²) < 4.78 is 1.89. The van der Waals surface area contributed by atoms with Crippen LogP contribution in [0.5, 0.6) is 0 Å². The number of quaternary nitrogens is 1. The number of nitrogens with zero attached hydrogens (tertiary/aromatic N) is 3. The molecule has 0 spiro atoms. The molecule has 2 heterocycles. The Balaban J connectivity index is 1.89. The molecule has 0 amide bonds. The molecule has 6 heteroatoms. The van der Waals surface area contributed by atoms with Gasteiger partial charge in [0.15, 0.2) is 6.67 Å². The van der Waals surface area contributed by atoms with Crippen LogP contribution in [-0.4, -0.2) is 27.8 Å². The average Bonchev–Trinajstić information content (AvgIpc) is 2.82. The highest BCUT2D eigenvalue weighted by Crippen LogP contribution is 2.20. The molecule has 2 aromatic rings. The van der Waals surface area contributed by atoms with E-state index in [0.29, 0.717) is 0 Å². The van der Waals surface area contributed by atoms with Crippen LogP contribution in [0.3, 0.4) is 0 Å². The predicted molar refractivity (Wildman–Crippen MR) is 70.9 cm³/mol. The Morgan fingerprint density at radius 1 is 1.32 bits per heavy atom. The SMILES string of the molecule is O=[N+]([O-])c1ccc2cnn(C[NH+]3CCCCC3)c2c1. The van der Waals surface area contributed by atoms with Crippen LogP contribution in [0.1, 0.15) is 19.3 Å². The number of benzene rings is 1. The molecule has 1 saturated heterocycles. The van der Waals surface area contributed by atoms with Crippen molar-refractivity contribution >= 4 is 16.6 Å². The van der Waals surface area contributed by atoms with Gasteiger partial charge in [-0.15, -0.1) is 0 Å². The van der Waals surface area contributed by atoms with Gasteiger partial charge in [0, 0.05) is 17.5 Å². The predicted octanol–water partition coefficient (Wildman–Crippen LogP) is 0.971. The van der Waals surface area contributed by atoms with Gasteiger partial charge in [0.05, 0.1) is 29.7 Å². The van der Waals surface area contributed by atoms with Crippen molar-refractivity contribution in [3.8, 4) is 0 Å². The van der Waals surface area contributed by atoms with E-state index in [0.717, 1.165) is 30.7 Å². The van der Waals surface area contributed by atoms with Crippen molar-refractivity contribution in [1.82, 2.24) is 9.78 Å². The monoisotopic (exact) mass is 261 g/mol. The summed E-state index contributed by atoms with van der Waals surface area (Å²) >= 11 is 0. The summed E-state index contributed by atoms with van der Waals surface area (Å²) in [7, 11) is 0. The fourth-order valence-corrected chi connectivity index (χ4v) is 2.72. The number of fused-ring (bicyclic) bond motifs is 1. The van der Waals surface area contributed by atoms with E-state index < -0.39 is 0 Å². The Bertz CT molecular complexity index is 602. The fraction of sp³-hybridized carbons (Fsp3) is 0.462. The van der Waals surface area contributed by atoms with Crippen molar-refractivity contribution in [2.45, 2.75) is 25.9 Å². The Kier molecular flexibility index (Phi) is 3.16. The van der Waals surface area contributed by atoms with Crippen LogP contribution < -0.4 is 4.90 Å². The second-order valence-electron chi connectivity index (χ2n) is 5.11. The van der Waals surface area contributed by atoms with E-state index >= 15 is 0 Å². The van der Waals surface area contributed by atoms with E-state index in [4.69, 9.17) is 0 Å². The van der Waals surface area contributed by atoms with E-state index in [2.05, 4.69) is 5.10 Å². The van der Waals surface area contributed by atoms with Crippen molar-refractivity contribution in [3.05, 3.63) is 34.5 Å². The van der Waals surface area contributed by atoms with Gasteiger partial charge in [-0.3, -0.25) is 10.1 Å². The molecule has 1 N–H and O–H groups in total. The standard InChI is InChI=1S/C13H16N4O2/c18-17(19)12-5-4-11-9-14-16(13(11)8-12)10-15-6-2-1-3-7-15/h4-5,8-9H,1-3,6-7,10H2/p+1. The molecule has 1 fully saturated rings. The lowest BCUT2D eigenvalue weighted by Gasteiger charge is -2.23. The Hall–Kier alpha value is -1.95. The molecule has 1 aromatic heterocycles. The molecule has 0 unspecified atom stereocenters. The maximum absolute atomic E-state index is 10.8. The van der Waals surface area contributed by atoms with E-state index in [1.54, 1.807) is 18.3 Å². The van der Waals surface area contributed by atoms with Crippen LogP contribution >= 0.6 is 0 Å². The molecule has 0 atom stereocenters. The van der Waals surface area contributed by atoms with E-state index in [9.17, 15) is 10.1 Å². The van der Waals surface area contributed by atoms with Crippen LogP contribution in [0.2, 0.25) is 0 Å². The highest BCUT2D eigenvalue weighted by Gasteiger charge is 2.16. The number of likely N-dealkylation sites (tertiary alicyclic amines) is 1. The number of aromatic nitrogens is 2. The van der Waals surface area contributed by atoms with Crippen molar-refractivity contribution in [3.63, 3.8) is 0 Å². The second kappa shape index (κ2) is 4.97. The minimum Gasteiger partial charge on any atom is -0.316 e. The number of nitro benzene ring substituents is 1. The van der Waals surface area contributed by atoms with Crippen LogP contribution in [0.4, 0.5) is 5.69 Å². The van der Waals surface area contributed by atoms with Gasteiger partial charge in [-0.25, -0.2) is 4.68 Å². The fourth-order valence-electron chi connectivity index (χ4n) is 2.72. The first kappa shape index (κ1) is 12.1. The number of rotatable bonds is 3. The van der Waals surface area contributed by atoms with Crippen LogP contribution in [-0.2, 0) is 6.67 Å². The van der Waals surface area contributed by atoms with E-state index in [1.807, 2.05) is 4.68 Å². The summed E-state index contributed by atoms with van der Waals surface area (Å²) in [5, 5.41) is 16.2. The first-order chi connectivity index (χ1) is 9.24. The van der Waals surface area contributed by atoms with Crippen molar-refractivity contribution in [1.29, 1.82) is 0 Å².